The average Bonchev–Trinajstić information content (AvgIpc) is 2.73. The molecule has 2 rings (SSSR count). The van der Waals surface area contributed by atoms with Crippen molar-refractivity contribution in [3.63, 3.8) is 0 Å². The summed E-state index contributed by atoms with van der Waals surface area (Å²) in [6.07, 6.45) is 0. The van der Waals surface area contributed by atoms with Crippen LogP contribution in [0.1, 0.15) is 11.5 Å². The largest absolute Gasteiger partial charge is 0.396 e. The van der Waals surface area contributed by atoms with Crippen molar-refractivity contribution in [1.82, 2.24) is 0 Å². The molecule has 5 heteroatoms. The first-order chi connectivity index (χ1) is 6.98. The first kappa shape index (κ1) is 11.5. The highest BCUT2D eigenvalue weighted by atomic mass is 35.5. The van der Waals surface area contributed by atoms with Crippen LogP contribution in [0.3, 0.4) is 0 Å². The molecule has 15 heavy (non-hydrogen) atoms. The van der Waals surface area contributed by atoms with Crippen molar-refractivity contribution in [2.75, 3.05) is 6.61 Å². The average molecular weight is 270 g/mol. The van der Waals surface area contributed by atoms with Gasteiger partial charge in [-0.25, -0.2) is 4.39 Å². The molecule has 1 fully saturated rings. The van der Waals surface area contributed by atoms with Crippen molar-refractivity contribution in [1.29, 1.82) is 0 Å². The molecule has 0 heterocycles. The van der Waals surface area contributed by atoms with Gasteiger partial charge in [-0.2, -0.15) is 0 Å². The second-order valence-corrected chi connectivity index (χ2v) is 5.47. The van der Waals surface area contributed by atoms with Crippen LogP contribution in [0.4, 0.5) is 4.39 Å². The molecule has 82 valence electrons. The second kappa shape index (κ2) is 3.77. The Morgan fingerprint density at radius 1 is 1.40 bits per heavy atom. The first-order valence-electron chi connectivity index (χ1n) is 4.42. The minimum Gasteiger partial charge on any atom is -0.396 e. The van der Waals surface area contributed by atoms with Crippen molar-refractivity contribution in [3.05, 3.63) is 34.6 Å². The summed E-state index contributed by atoms with van der Waals surface area (Å²) < 4.78 is 11.9. The molecule has 2 atom stereocenters. The first-order valence-corrected chi connectivity index (χ1v) is 5.55. The van der Waals surface area contributed by atoms with Crippen molar-refractivity contribution in [2.45, 2.75) is 10.3 Å². The summed E-state index contributed by atoms with van der Waals surface area (Å²) in [7, 11) is 0. The number of aliphatic hydroxyl groups is 1. The minimum absolute atomic E-state index is 0.0419. The van der Waals surface area contributed by atoms with E-state index in [-0.39, 0.29) is 23.5 Å². The van der Waals surface area contributed by atoms with E-state index >= 15 is 0 Å². The standard InChI is InChI=1S/C10H8Cl3FO/c11-7-3-5(1-2-8(7)14)9-6(4-15)10(9,12)13/h1-3,6,9,15H,4H2. The Morgan fingerprint density at radius 3 is 2.53 bits per heavy atom. The molecular weight excluding hydrogens is 261 g/mol. The van der Waals surface area contributed by atoms with E-state index in [0.717, 1.165) is 5.56 Å². The van der Waals surface area contributed by atoms with Gasteiger partial charge in [-0.05, 0) is 17.7 Å². The molecule has 0 saturated heterocycles. The zero-order valence-electron chi connectivity index (χ0n) is 7.55. The highest BCUT2D eigenvalue weighted by Crippen LogP contribution is 2.64. The molecule has 0 radical (unpaired) electrons. The Hall–Kier alpha value is -0.0200. The summed E-state index contributed by atoms with van der Waals surface area (Å²) in [5, 5.41) is 9.06. The van der Waals surface area contributed by atoms with Crippen LogP contribution in [-0.4, -0.2) is 16.0 Å². The predicted molar refractivity (Wildman–Crippen MR) is 59.2 cm³/mol. The van der Waals surface area contributed by atoms with E-state index in [1.54, 1.807) is 6.07 Å². The lowest BCUT2D eigenvalue weighted by molar-refractivity contribution is 0.273. The maximum atomic E-state index is 12.9. The van der Waals surface area contributed by atoms with Crippen LogP contribution in [-0.2, 0) is 0 Å². The normalized spacial score (nSPS) is 27.8. The van der Waals surface area contributed by atoms with Gasteiger partial charge in [0.15, 0.2) is 0 Å². The van der Waals surface area contributed by atoms with E-state index in [0.29, 0.717) is 0 Å². The SMILES string of the molecule is OCC1C(c2ccc(F)c(Cl)c2)C1(Cl)Cl. The minimum atomic E-state index is -0.962. The molecule has 1 aliphatic carbocycles. The molecule has 1 saturated carbocycles. The fraction of sp³-hybridized carbons (Fsp3) is 0.400. The fourth-order valence-corrected chi connectivity index (χ4v) is 2.79. The van der Waals surface area contributed by atoms with E-state index in [9.17, 15) is 4.39 Å². The van der Waals surface area contributed by atoms with E-state index in [4.69, 9.17) is 39.9 Å². The molecule has 1 aliphatic rings. The van der Waals surface area contributed by atoms with Crippen LogP contribution < -0.4 is 0 Å². The van der Waals surface area contributed by atoms with Gasteiger partial charge in [0, 0.05) is 18.4 Å². The van der Waals surface area contributed by atoms with Crippen molar-refractivity contribution in [2.24, 2.45) is 5.92 Å². The molecule has 0 aliphatic heterocycles. The van der Waals surface area contributed by atoms with Crippen LogP contribution in [0, 0.1) is 11.7 Å². The Morgan fingerprint density at radius 2 is 2.07 bits per heavy atom. The van der Waals surface area contributed by atoms with Crippen molar-refractivity contribution in [3.8, 4) is 0 Å². The van der Waals surface area contributed by atoms with Gasteiger partial charge in [0.1, 0.15) is 10.2 Å². The summed E-state index contributed by atoms with van der Waals surface area (Å²) in [6, 6.07) is 4.35. The Balaban J connectivity index is 2.29. The highest BCUT2D eigenvalue weighted by molar-refractivity contribution is 6.52. The Labute approximate surface area is 102 Å². The third-order valence-corrected chi connectivity index (χ3v) is 4.02. The van der Waals surface area contributed by atoms with Gasteiger partial charge in [-0.1, -0.05) is 17.7 Å². The van der Waals surface area contributed by atoms with Gasteiger partial charge < -0.3 is 5.11 Å². The van der Waals surface area contributed by atoms with Gasteiger partial charge >= 0.3 is 0 Å². The number of alkyl halides is 2. The van der Waals surface area contributed by atoms with E-state index in [1.807, 2.05) is 0 Å². The molecule has 1 N–H and O–H groups in total. The summed E-state index contributed by atoms with van der Waals surface area (Å²) >= 11 is 17.6. The second-order valence-electron chi connectivity index (χ2n) is 3.61. The number of aliphatic hydroxyl groups excluding tert-OH is 1. The monoisotopic (exact) mass is 268 g/mol. The fourth-order valence-electron chi connectivity index (χ4n) is 1.78. The van der Waals surface area contributed by atoms with Gasteiger partial charge in [0.25, 0.3) is 0 Å². The third-order valence-electron chi connectivity index (χ3n) is 2.70. The molecule has 0 aromatic heterocycles. The van der Waals surface area contributed by atoms with Crippen molar-refractivity contribution < 1.29 is 9.50 Å². The van der Waals surface area contributed by atoms with Crippen LogP contribution >= 0.6 is 34.8 Å². The number of hydrogen-bond acceptors (Lipinski definition) is 1. The number of halogens is 4. The molecule has 1 aromatic rings. The smallest absolute Gasteiger partial charge is 0.141 e. The zero-order valence-corrected chi connectivity index (χ0v) is 9.82. The molecule has 0 spiro atoms. The summed E-state index contributed by atoms with van der Waals surface area (Å²) in [5.74, 6) is -0.859. The van der Waals surface area contributed by atoms with Crippen LogP contribution in [0.25, 0.3) is 0 Å². The zero-order chi connectivity index (χ0) is 11.2. The van der Waals surface area contributed by atoms with Gasteiger partial charge in [0.05, 0.1) is 5.02 Å². The maximum Gasteiger partial charge on any atom is 0.141 e. The van der Waals surface area contributed by atoms with Crippen molar-refractivity contribution >= 4 is 34.8 Å². The Bertz CT molecular complexity index is 394. The molecule has 0 amide bonds. The maximum absolute atomic E-state index is 12.9. The lowest BCUT2D eigenvalue weighted by Gasteiger charge is -2.01. The third kappa shape index (κ3) is 1.84. The number of benzene rings is 1. The summed E-state index contributed by atoms with van der Waals surface area (Å²) in [5.41, 5.74) is 0.755. The molecular formula is C10H8Cl3FO. The quantitative estimate of drug-likeness (QED) is 0.816. The lowest BCUT2D eigenvalue weighted by atomic mass is 10.1. The van der Waals surface area contributed by atoms with E-state index in [2.05, 4.69) is 0 Å². The van der Waals surface area contributed by atoms with Gasteiger partial charge in [0.2, 0.25) is 0 Å². The molecule has 1 nitrogen and oxygen atoms in total. The lowest BCUT2D eigenvalue weighted by Crippen LogP contribution is -1.93. The van der Waals surface area contributed by atoms with Crippen LogP contribution in [0.5, 0.6) is 0 Å². The molecule has 2 unspecified atom stereocenters. The summed E-state index contributed by atoms with van der Waals surface area (Å²) in [4.78, 5) is 0. The van der Waals surface area contributed by atoms with E-state index in [1.165, 1.54) is 12.1 Å². The molecule has 1 aromatic carbocycles. The number of hydrogen-bond donors (Lipinski definition) is 1. The van der Waals surface area contributed by atoms with E-state index < -0.39 is 10.2 Å². The summed E-state index contributed by atoms with van der Waals surface area (Å²) in [6.45, 7) is -0.0906. The highest BCUT2D eigenvalue weighted by Gasteiger charge is 2.63. The van der Waals surface area contributed by atoms with Gasteiger partial charge in [-0.3, -0.25) is 0 Å². The topological polar surface area (TPSA) is 20.2 Å². The van der Waals surface area contributed by atoms with Crippen LogP contribution in [0.2, 0.25) is 5.02 Å². The Kier molecular flexibility index (Phi) is 2.89. The van der Waals surface area contributed by atoms with Crippen LogP contribution in [0.15, 0.2) is 18.2 Å². The molecule has 0 bridgehead atoms. The number of rotatable bonds is 2. The predicted octanol–water partition coefficient (Wildman–Crippen LogP) is 3.36. The van der Waals surface area contributed by atoms with Gasteiger partial charge in [-0.15, -0.1) is 23.2 Å².